The van der Waals surface area contributed by atoms with E-state index in [0.717, 1.165) is 50.9 Å². The van der Waals surface area contributed by atoms with Gasteiger partial charge in [0.25, 0.3) is 0 Å². The lowest BCUT2D eigenvalue weighted by molar-refractivity contribution is 0.348. The Bertz CT molecular complexity index is 2010. The third-order valence-electron chi connectivity index (χ3n) is 8.57. The summed E-state index contributed by atoms with van der Waals surface area (Å²) in [5, 5.41) is 3.98. The van der Waals surface area contributed by atoms with Gasteiger partial charge in [-0.05, 0) is 97.2 Å². The van der Waals surface area contributed by atoms with Gasteiger partial charge in [-0.1, -0.05) is 20.3 Å². The normalized spacial score (nSPS) is 12.4. The van der Waals surface area contributed by atoms with Gasteiger partial charge < -0.3 is 32.1 Å². The van der Waals surface area contributed by atoms with E-state index < -0.39 is 0 Å². The number of aromatic nitrogens is 6. The van der Waals surface area contributed by atoms with Crippen LogP contribution in [-0.4, -0.2) is 29.1 Å². The van der Waals surface area contributed by atoms with Gasteiger partial charge in [-0.2, -0.15) is 9.97 Å². The standard InChI is InChI=1S/C18H25N5.C16H21N5/c1-5-6-7-11-10-12-14(23(11)18(2,3)4)9-8-13-15(12)16(19)22-17(20)21-13;1-5-16(3,4)21-9(2)8-10-12(21)7-6-11-13(10)14(17)20-15(18)19-11/h8-10H,5-7H2,1-4H3,(H4,19,20,21,22);6-8H,5H2,1-4H3,(H4,17,18,19,20). The molecule has 4 aromatic heterocycles. The highest BCUT2D eigenvalue weighted by Gasteiger charge is 2.24. The Kier molecular flexibility index (Phi) is 7.82. The summed E-state index contributed by atoms with van der Waals surface area (Å²) in [6.07, 6.45) is 4.44. The monoisotopic (exact) mass is 594 g/mol. The van der Waals surface area contributed by atoms with Gasteiger partial charge in [0, 0.05) is 44.3 Å². The zero-order chi connectivity index (χ0) is 32.1. The average Bonchev–Trinajstić information content (AvgIpc) is 3.48. The van der Waals surface area contributed by atoms with Gasteiger partial charge in [-0.15, -0.1) is 0 Å². The summed E-state index contributed by atoms with van der Waals surface area (Å²) in [5.41, 5.74) is 30.2. The first-order chi connectivity index (χ1) is 20.7. The highest BCUT2D eigenvalue weighted by Crippen LogP contribution is 2.36. The van der Waals surface area contributed by atoms with Crippen LogP contribution in [-0.2, 0) is 17.5 Å². The second-order valence-electron chi connectivity index (χ2n) is 13.3. The van der Waals surface area contributed by atoms with E-state index in [9.17, 15) is 0 Å². The van der Waals surface area contributed by atoms with Gasteiger partial charge in [0.15, 0.2) is 0 Å². The van der Waals surface area contributed by atoms with Crippen molar-refractivity contribution in [3.8, 4) is 0 Å². The molecule has 0 fully saturated rings. The Labute approximate surface area is 258 Å². The van der Waals surface area contributed by atoms with Gasteiger partial charge in [0.2, 0.25) is 11.9 Å². The second-order valence-corrected chi connectivity index (χ2v) is 13.3. The molecular weight excluding hydrogens is 548 g/mol. The lowest BCUT2D eigenvalue weighted by Crippen LogP contribution is -2.25. The summed E-state index contributed by atoms with van der Waals surface area (Å²) in [7, 11) is 0. The van der Waals surface area contributed by atoms with Crippen molar-refractivity contribution in [2.45, 2.75) is 92.2 Å². The van der Waals surface area contributed by atoms with Crippen LogP contribution in [0.3, 0.4) is 0 Å². The van der Waals surface area contributed by atoms with Crippen molar-refractivity contribution < 1.29 is 0 Å². The fourth-order valence-corrected chi connectivity index (χ4v) is 6.40. The minimum atomic E-state index is 0.00191. The lowest BCUT2D eigenvalue weighted by atomic mass is 10.0. The number of unbranched alkanes of at least 4 members (excludes halogenated alkanes) is 1. The van der Waals surface area contributed by atoms with Crippen LogP contribution in [0.4, 0.5) is 23.5 Å². The van der Waals surface area contributed by atoms with E-state index in [1.54, 1.807) is 0 Å². The molecule has 0 aliphatic rings. The molecule has 44 heavy (non-hydrogen) atoms. The smallest absolute Gasteiger partial charge is 0.222 e. The van der Waals surface area contributed by atoms with Gasteiger partial charge in [0.1, 0.15) is 11.6 Å². The maximum atomic E-state index is 6.15. The summed E-state index contributed by atoms with van der Waals surface area (Å²) in [5.74, 6) is 1.32. The maximum Gasteiger partial charge on any atom is 0.222 e. The van der Waals surface area contributed by atoms with Crippen LogP contribution in [0, 0.1) is 6.92 Å². The van der Waals surface area contributed by atoms with Gasteiger partial charge >= 0.3 is 0 Å². The number of hydrogen-bond acceptors (Lipinski definition) is 8. The van der Waals surface area contributed by atoms with Crippen LogP contribution in [0.15, 0.2) is 36.4 Å². The van der Waals surface area contributed by atoms with Crippen molar-refractivity contribution in [1.82, 2.24) is 29.1 Å². The molecule has 0 bridgehead atoms. The summed E-state index contributed by atoms with van der Waals surface area (Å²) in [4.78, 5) is 16.9. The van der Waals surface area contributed by atoms with E-state index in [1.807, 2.05) is 12.1 Å². The van der Waals surface area contributed by atoms with Crippen molar-refractivity contribution in [3.63, 3.8) is 0 Å². The largest absolute Gasteiger partial charge is 0.383 e. The highest BCUT2D eigenvalue weighted by molar-refractivity contribution is 6.11. The quantitative estimate of drug-likeness (QED) is 0.165. The summed E-state index contributed by atoms with van der Waals surface area (Å²) in [6, 6.07) is 12.6. The number of nitrogens with two attached hydrogens (primary N) is 4. The fourth-order valence-electron chi connectivity index (χ4n) is 6.40. The van der Waals surface area contributed by atoms with E-state index in [2.05, 4.69) is 109 Å². The number of benzene rings is 2. The van der Waals surface area contributed by atoms with Crippen molar-refractivity contribution in [2.75, 3.05) is 22.9 Å². The molecule has 0 saturated carbocycles. The van der Waals surface area contributed by atoms with E-state index in [1.165, 1.54) is 29.7 Å². The zero-order valence-corrected chi connectivity index (χ0v) is 27.3. The van der Waals surface area contributed by atoms with Crippen LogP contribution < -0.4 is 22.9 Å². The number of nitrogens with zero attached hydrogens (tertiary/aromatic N) is 6. The van der Waals surface area contributed by atoms with Crippen LogP contribution in [0.2, 0.25) is 0 Å². The number of rotatable bonds is 5. The molecule has 10 heteroatoms. The molecular formula is C34H46N10. The highest BCUT2D eigenvalue weighted by atomic mass is 15.1. The van der Waals surface area contributed by atoms with Crippen molar-refractivity contribution in [2.24, 2.45) is 0 Å². The fraction of sp³-hybridized carbons (Fsp3) is 0.412. The van der Waals surface area contributed by atoms with Crippen LogP contribution in [0.5, 0.6) is 0 Å². The molecule has 6 aromatic rings. The molecule has 2 aromatic carbocycles. The van der Waals surface area contributed by atoms with Crippen molar-refractivity contribution in [3.05, 3.63) is 47.8 Å². The van der Waals surface area contributed by atoms with Gasteiger partial charge in [-0.3, -0.25) is 0 Å². The Balaban J connectivity index is 0.000000175. The van der Waals surface area contributed by atoms with Gasteiger partial charge in [0.05, 0.1) is 21.8 Å². The first-order valence-corrected chi connectivity index (χ1v) is 15.4. The molecule has 8 N–H and O–H groups in total. The Morgan fingerprint density at radius 2 is 1.18 bits per heavy atom. The topological polar surface area (TPSA) is 166 Å². The third-order valence-corrected chi connectivity index (χ3v) is 8.57. The zero-order valence-electron chi connectivity index (χ0n) is 27.3. The molecule has 10 nitrogen and oxygen atoms in total. The molecule has 232 valence electrons. The summed E-state index contributed by atoms with van der Waals surface area (Å²) < 4.78 is 4.77. The lowest BCUT2D eigenvalue weighted by Gasteiger charge is -2.28. The van der Waals surface area contributed by atoms with Crippen molar-refractivity contribution >= 4 is 67.1 Å². The molecule has 0 saturated heterocycles. The summed E-state index contributed by atoms with van der Waals surface area (Å²) >= 11 is 0. The first-order valence-electron chi connectivity index (χ1n) is 15.4. The maximum absolute atomic E-state index is 6.15. The summed E-state index contributed by atoms with van der Waals surface area (Å²) in [6.45, 7) is 17.7. The SMILES string of the molecule is CCC(C)(C)n1c(C)cc2c3c(N)nc(N)nc3ccc21.CCCCc1cc2c3c(N)nc(N)nc3ccc2n1C(C)(C)C. The Morgan fingerprint density at radius 3 is 1.66 bits per heavy atom. The molecule has 0 atom stereocenters. The van der Waals surface area contributed by atoms with E-state index in [0.29, 0.717) is 11.6 Å². The number of anilines is 4. The number of fused-ring (bicyclic) bond motifs is 6. The molecule has 0 amide bonds. The van der Waals surface area contributed by atoms with Crippen LogP contribution >= 0.6 is 0 Å². The Hall–Kier alpha value is -4.60. The molecule has 0 spiro atoms. The van der Waals surface area contributed by atoms with E-state index in [-0.39, 0.29) is 23.0 Å². The number of nitrogen functional groups attached to an aromatic ring is 4. The number of aryl methyl sites for hydroxylation is 2. The minimum absolute atomic E-state index is 0.00191. The molecule has 0 radical (unpaired) electrons. The Morgan fingerprint density at radius 1 is 0.682 bits per heavy atom. The van der Waals surface area contributed by atoms with Crippen LogP contribution in [0.25, 0.3) is 43.6 Å². The second kappa shape index (κ2) is 11.2. The van der Waals surface area contributed by atoms with Gasteiger partial charge in [-0.25, -0.2) is 9.97 Å². The molecule has 0 unspecified atom stereocenters. The first kappa shape index (κ1) is 30.8. The number of hydrogen-bond donors (Lipinski definition) is 4. The average molecular weight is 595 g/mol. The van der Waals surface area contributed by atoms with Crippen molar-refractivity contribution in [1.29, 1.82) is 0 Å². The van der Waals surface area contributed by atoms with E-state index >= 15 is 0 Å². The predicted molar refractivity (Wildman–Crippen MR) is 186 cm³/mol. The third kappa shape index (κ3) is 5.33. The molecule has 4 heterocycles. The molecule has 0 aliphatic carbocycles. The molecule has 6 rings (SSSR count). The van der Waals surface area contributed by atoms with Crippen LogP contribution in [0.1, 0.15) is 79.1 Å². The minimum Gasteiger partial charge on any atom is -0.383 e. The molecule has 0 aliphatic heterocycles. The van der Waals surface area contributed by atoms with E-state index in [4.69, 9.17) is 22.9 Å². The predicted octanol–water partition coefficient (Wildman–Crippen LogP) is 7.05.